The van der Waals surface area contributed by atoms with Gasteiger partial charge in [-0.2, -0.15) is 0 Å². The minimum Gasteiger partial charge on any atom is -0.738 e. The Kier molecular flexibility index (Phi) is 9.21. The van der Waals surface area contributed by atoms with E-state index in [0.29, 0.717) is 0 Å². The van der Waals surface area contributed by atoms with Crippen molar-refractivity contribution >= 4 is 28.8 Å². The average molecular weight is 337 g/mol. The molecule has 0 unspecified atom stereocenters. The summed E-state index contributed by atoms with van der Waals surface area (Å²) in [7, 11) is 0. The Morgan fingerprint density at radius 1 is 1.41 bits per heavy atom. The van der Waals surface area contributed by atoms with Crippen LogP contribution < -0.4 is 5.32 Å². The molecule has 1 amide bonds. The van der Waals surface area contributed by atoms with E-state index < -0.39 is 28.7 Å². The Hall–Kier alpha value is -1.20. The van der Waals surface area contributed by atoms with Crippen molar-refractivity contribution in [1.29, 1.82) is 0 Å². The van der Waals surface area contributed by atoms with Crippen molar-refractivity contribution < 1.29 is 29.2 Å². The molecule has 0 aromatic rings. The van der Waals surface area contributed by atoms with Crippen molar-refractivity contribution in [2.45, 2.75) is 33.7 Å². The van der Waals surface area contributed by atoms with E-state index >= 15 is 0 Å². The number of ether oxygens (including phenoxy) is 1. The molecule has 0 aliphatic carbocycles. The second-order valence-electron chi connectivity index (χ2n) is 5.00. The first-order valence-electron chi connectivity index (χ1n) is 6.50. The molecule has 10 heteroatoms. The number of carbonyl (C=O) groups is 3. The van der Waals surface area contributed by atoms with E-state index in [1.54, 1.807) is 6.92 Å². The summed E-state index contributed by atoms with van der Waals surface area (Å²) in [4.78, 5) is 39.2. The number of rotatable bonds is 9. The number of amides is 1. The largest absolute Gasteiger partial charge is 0.738 e. The third-order valence-electron chi connectivity index (χ3n) is 2.42. The average Bonchev–Trinajstić information content (AvgIpc) is 2.40. The highest BCUT2D eigenvalue weighted by molar-refractivity contribution is 8.13. The van der Waals surface area contributed by atoms with Crippen molar-refractivity contribution in [3.05, 3.63) is 5.21 Å². The standard InChI is InChI=1S/C12H21N2O7S/c1-5-20-10(16)9(13-8(2)15)6-22-11(17)12(3,4)7-21-14(18)19/h9,18H,5-7H2,1-4H3,(H,13,15)/q-1/t9-/m0/s1. The zero-order valence-corrected chi connectivity index (χ0v) is 13.8. The molecule has 22 heavy (non-hydrogen) atoms. The first-order valence-corrected chi connectivity index (χ1v) is 7.48. The lowest BCUT2D eigenvalue weighted by molar-refractivity contribution is -0.313. The van der Waals surface area contributed by atoms with Gasteiger partial charge < -0.3 is 20.5 Å². The van der Waals surface area contributed by atoms with Crippen molar-refractivity contribution in [3.8, 4) is 0 Å². The summed E-state index contributed by atoms with van der Waals surface area (Å²) in [5.41, 5.74) is -1.06. The SMILES string of the molecule is CCOC(=O)[C@H](CSC(=O)C(C)(C)CON([O-])O)NC(C)=O. The van der Waals surface area contributed by atoms with Gasteiger partial charge in [-0.3, -0.25) is 14.4 Å². The lowest BCUT2D eigenvalue weighted by Crippen LogP contribution is -2.43. The van der Waals surface area contributed by atoms with Crippen LogP contribution in [0.1, 0.15) is 27.7 Å². The van der Waals surface area contributed by atoms with Crippen molar-refractivity contribution in [1.82, 2.24) is 10.7 Å². The number of thioether (sulfide) groups is 1. The topological polar surface area (TPSA) is 128 Å². The van der Waals surface area contributed by atoms with E-state index in [-0.39, 0.29) is 24.1 Å². The Bertz CT molecular complexity index is 401. The number of hydrogen-bond acceptors (Lipinski definition) is 9. The normalized spacial score (nSPS) is 12.9. The van der Waals surface area contributed by atoms with Crippen LogP contribution in [0.2, 0.25) is 0 Å². The van der Waals surface area contributed by atoms with Crippen molar-refractivity contribution in [3.63, 3.8) is 0 Å². The number of nitrogens with one attached hydrogen (secondary N) is 1. The highest BCUT2D eigenvalue weighted by Gasteiger charge is 2.31. The maximum Gasteiger partial charge on any atom is 0.329 e. The minimum atomic E-state index is -1.06. The van der Waals surface area contributed by atoms with Gasteiger partial charge in [0.2, 0.25) is 5.91 Å². The highest BCUT2D eigenvalue weighted by Crippen LogP contribution is 2.25. The molecule has 0 aliphatic heterocycles. The van der Waals surface area contributed by atoms with Crippen LogP contribution in [0.4, 0.5) is 0 Å². The number of nitrogens with zero attached hydrogens (tertiary/aromatic N) is 1. The molecule has 0 aliphatic rings. The smallest absolute Gasteiger partial charge is 0.329 e. The Balaban J connectivity index is 4.59. The summed E-state index contributed by atoms with van der Waals surface area (Å²) in [5, 5.41) is 20.0. The molecular formula is C12H21N2O7S-. The first-order chi connectivity index (χ1) is 10.1. The van der Waals surface area contributed by atoms with E-state index in [2.05, 4.69) is 10.2 Å². The Morgan fingerprint density at radius 2 is 2.00 bits per heavy atom. The predicted octanol–water partition coefficient (Wildman–Crippen LogP) is 0.461. The molecule has 0 aromatic carbocycles. The molecule has 0 radical (unpaired) electrons. The first kappa shape index (κ1) is 20.8. The summed E-state index contributed by atoms with van der Waals surface area (Å²) >= 11 is 0.803. The van der Waals surface area contributed by atoms with Gasteiger partial charge in [0, 0.05) is 12.7 Å². The van der Waals surface area contributed by atoms with Crippen molar-refractivity contribution in [2.24, 2.45) is 5.41 Å². The molecule has 0 aromatic heterocycles. The van der Waals surface area contributed by atoms with E-state index in [1.165, 1.54) is 20.8 Å². The molecule has 0 heterocycles. The second kappa shape index (κ2) is 9.74. The van der Waals surface area contributed by atoms with E-state index in [0.717, 1.165) is 11.8 Å². The van der Waals surface area contributed by atoms with Crippen molar-refractivity contribution in [2.75, 3.05) is 19.0 Å². The van der Waals surface area contributed by atoms with E-state index in [9.17, 15) is 19.6 Å². The second-order valence-corrected chi connectivity index (χ2v) is 5.99. The van der Waals surface area contributed by atoms with Gasteiger partial charge in [0.25, 0.3) is 0 Å². The van der Waals surface area contributed by atoms with Gasteiger partial charge in [-0.1, -0.05) is 11.8 Å². The third-order valence-corrected chi connectivity index (χ3v) is 3.73. The van der Waals surface area contributed by atoms with E-state index in [4.69, 9.17) is 9.94 Å². The minimum absolute atomic E-state index is 0.0130. The van der Waals surface area contributed by atoms with Gasteiger partial charge >= 0.3 is 5.97 Å². The van der Waals surface area contributed by atoms with Gasteiger partial charge in [0.15, 0.2) is 5.12 Å². The van der Waals surface area contributed by atoms with E-state index in [1.807, 2.05) is 0 Å². The maximum atomic E-state index is 12.1. The van der Waals surface area contributed by atoms with Crippen LogP contribution in [0, 0.1) is 10.6 Å². The molecule has 0 saturated heterocycles. The van der Waals surface area contributed by atoms with Crippen LogP contribution in [-0.2, 0) is 24.0 Å². The molecule has 9 nitrogen and oxygen atoms in total. The molecule has 2 N–H and O–H groups in total. The van der Waals surface area contributed by atoms with Gasteiger partial charge in [-0.15, -0.1) is 5.39 Å². The molecule has 1 atom stereocenters. The van der Waals surface area contributed by atoms with Crippen LogP contribution in [0.15, 0.2) is 0 Å². The third kappa shape index (κ3) is 8.29. The Labute approximate surface area is 132 Å². The van der Waals surface area contributed by atoms with Gasteiger partial charge in [0.05, 0.1) is 18.6 Å². The van der Waals surface area contributed by atoms with Crippen LogP contribution in [0.25, 0.3) is 0 Å². The van der Waals surface area contributed by atoms with Crippen LogP contribution in [-0.4, -0.2) is 52.6 Å². The molecule has 0 saturated carbocycles. The fourth-order valence-corrected chi connectivity index (χ4v) is 2.27. The van der Waals surface area contributed by atoms with Crippen LogP contribution >= 0.6 is 11.8 Å². The quantitative estimate of drug-likeness (QED) is 0.455. The molecule has 0 bridgehead atoms. The molecule has 0 spiro atoms. The number of hydrogen-bond donors (Lipinski definition) is 2. The van der Waals surface area contributed by atoms with Gasteiger partial charge in [0.1, 0.15) is 6.04 Å². The molecule has 0 rings (SSSR count). The number of esters is 1. The van der Waals surface area contributed by atoms with Gasteiger partial charge in [-0.05, 0) is 20.8 Å². The number of carbonyl (C=O) groups excluding carboxylic acids is 3. The molecule has 128 valence electrons. The lowest BCUT2D eigenvalue weighted by atomic mass is 9.97. The summed E-state index contributed by atoms with van der Waals surface area (Å²) < 4.78 is 4.82. The summed E-state index contributed by atoms with van der Waals surface area (Å²) in [5.74, 6) is -1.06. The van der Waals surface area contributed by atoms with Gasteiger partial charge in [-0.25, -0.2) is 4.79 Å². The predicted molar refractivity (Wildman–Crippen MR) is 78.4 cm³/mol. The zero-order chi connectivity index (χ0) is 17.3. The zero-order valence-electron chi connectivity index (χ0n) is 13.0. The lowest BCUT2D eigenvalue weighted by Gasteiger charge is -2.27. The summed E-state index contributed by atoms with van der Waals surface area (Å²) in [6.45, 7) is 5.74. The van der Waals surface area contributed by atoms with Crippen LogP contribution in [0.5, 0.6) is 0 Å². The summed E-state index contributed by atoms with van der Waals surface area (Å²) in [6, 6.07) is -0.947. The van der Waals surface area contributed by atoms with Crippen LogP contribution in [0.3, 0.4) is 0 Å². The fourth-order valence-electron chi connectivity index (χ4n) is 1.29. The maximum absolute atomic E-state index is 12.1. The summed E-state index contributed by atoms with van der Waals surface area (Å²) in [6.07, 6.45) is 0. The highest BCUT2D eigenvalue weighted by atomic mass is 32.2. The Morgan fingerprint density at radius 3 is 2.45 bits per heavy atom. The fraction of sp³-hybridized carbons (Fsp3) is 0.750. The molecule has 0 fully saturated rings. The molecular weight excluding hydrogens is 316 g/mol. The monoisotopic (exact) mass is 337 g/mol.